The Bertz CT molecular complexity index is 545. The Morgan fingerprint density at radius 3 is 2.79 bits per heavy atom. The smallest absolute Gasteiger partial charge is 0.240 e. The summed E-state index contributed by atoms with van der Waals surface area (Å²) in [5, 5.41) is 3.31. The highest BCUT2D eigenvalue weighted by Gasteiger charge is 2.24. The Morgan fingerprint density at radius 2 is 2.16 bits per heavy atom. The summed E-state index contributed by atoms with van der Waals surface area (Å²) in [6.07, 6.45) is 1.43. The van der Waals surface area contributed by atoms with E-state index in [1.165, 1.54) is 6.07 Å². The van der Waals surface area contributed by atoms with Gasteiger partial charge in [-0.3, -0.25) is 0 Å². The van der Waals surface area contributed by atoms with Crippen LogP contribution in [0.25, 0.3) is 0 Å². The maximum atomic E-state index is 13.2. The molecule has 2 unspecified atom stereocenters. The number of sulfonamides is 1. The van der Waals surface area contributed by atoms with E-state index >= 15 is 0 Å². The van der Waals surface area contributed by atoms with Crippen molar-refractivity contribution in [2.24, 2.45) is 0 Å². The lowest BCUT2D eigenvalue weighted by Gasteiger charge is -2.28. The minimum atomic E-state index is -3.73. The fourth-order valence-corrected chi connectivity index (χ4v) is 3.84. The molecule has 106 valence electrons. The number of benzene rings is 1. The molecule has 1 saturated heterocycles. The van der Waals surface area contributed by atoms with E-state index in [1.807, 2.05) is 6.92 Å². The molecule has 19 heavy (non-hydrogen) atoms. The van der Waals surface area contributed by atoms with Crippen molar-refractivity contribution >= 4 is 21.6 Å². The molecule has 0 aliphatic carbocycles. The Morgan fingerprint density at radius 1 is 1.42 bits per heavy atom. The molecule has 1 aliphatic heterocycles. The van der Waals surface area contributed by atoms with Crippen LogP contribution in [0.15, 0.2) is 23.1 Å². The zero-order chi connectivity index (χ0) is 14.0. The molecule has 2 N–H and O–H groups in total. The molecule has 4 nitrogen and oxygen atoms in total. The molecule has 0 saturated carbocycles. The van der Waals surface area contributed by atoms with Gasteiger partial charge in [-0.15, -0.1) is 0 Å². The highest BCUT2D eigenvalue weighted by molar-refractivity contribution is 7.89. The van der Waals surface area contributed by atoms with Crippen molar-refractivity contribution in [3.05, 3.63) is 29.0 Å². The average Bonchev–Trinajstić information content (AvgIpc) is 2.26. The maximum Gasteiger partial charge on any atom is 0.240 e. The number of nitrogens with one attached hydrogen (secondary N) is 2. The molecule has 1 heterocycles. The van der Waals surface area contributed by atoms with Crippen molar-refractivity contribution in [1.82, 2.24) is 10.0 Å². The normalized spacial score (nSPS) is 24.4. The summed E-state index contributed by atoms with van der Waals surface area (Å²) in [5.41, 5.74) is 0. The van der Waals surface area contributed by atoms with Gasteiger partial charge in [-0.1, -0.05) is 11.6 Å². The molecule has 7 heteroatoms. The van der Waals surface area contributed by atoms with Crippen LogP contribution in [-0.2, 0) is 10.0 Å². The molecule has 2 rings (SSSR count). The standard InChI is InChI=1S/C12H16ClFN2O2S/c1-8-4-11(2-3-15-8)16-19(17,18)12-6-9(13)5-10(14)7-12/h5-8,11,15-16H,2-4H2,1H3. The van der Waals surface area contributed by atoms with E-state index in [2.05, 4.69) is 10.0 Å². The number of piperidine rings is 1. The Labute approximate surface area is 117 Å². The molecule has 0 aromatic heterocycles. The molecule has 1 aromatic carbocycles. The SMILES string of the molecule is CC1CC(NS(=O)(=O)c2cc(F)cc(Cl)c2)CCN1. The first-order chi connectivity index (χ1) is 8.87. The van der Waals surface area contributed by atoms with Crippen LogP contribution in [-0.4, -0.2) is 27.0 Å². The molecule has 0 radical (unpaired) electrons. The summed E-state index contributed by atoms with van der Waals surface area (Å²) in [6.45, 7) is 2.76. The zero-order valence-corrected chi connectivity index (χ0v) is 12.1. The van der Waals surface area contributed by atoms with Gasteiger partial charge in [0.05, 0.1) is 4.90 Å². The van der Waals surface area contributed by atoms with Crippen LogP contribution in [0.1, 0.15) is 19.8 Å². The third-order valence-electron chi connectivity index (χ3n) is 3.09. The van der Waals surface area contributed by atoms with Crippen LogP contribution in [0, 0.1) is 5.82 Å². The molecule has 0 bridgehead atoms. The topological polar surface area (TPSA) is 58.2 Å². The molecule has 0 amide bonds. The van der Waals surface area contributed by atoms with Gasteiger partial charge in [0.1, 0.15) is 5.82 Å². The second kappa shape index (κ2) is 5.75. The number of halogens is 2. The van der Waals surface area contributed by atoms with Gasteiger partial charge in [0.2, 0.25) is 10.0 Å². The van der Waals surface area contributed by atoms with Crippen molar-refractivity contribution in [3.8, 4) is 0 Å². The van der Waals surface area contributed by atoms with Gasteiger partial charge in [-0.05, 0) is 44.5 Å². The molecule has 1 aromatic rings. The van der Waals surface area contributed by atoms with Gasteiger partial charge < -0.3 is 5.32 Å². The third kappa shape index (κ3) is 3.89. The van der Waals surface area contributed by atoms with Crippen LogP contribution in [0.5, 0.6) is 0 Å². The van der Waals surface area contributed by atoms with Gasteiger partial charge in [0, 0.05) is 17.1 Å². The predicted octanol–water partition coefficient (Wildman–Crippen LogP) is 1.90. The van der Waals surface area contributed by atoms with E-state index in [9.17, 15) is 12.8 Å². The summed E-state index contributed by atoms with van der Waals surface area (Å²) in [4.78, 5) is -0.135. The summed E-state index contributed by atoms with van der Waals surface area (Å²) < 4.78 is 40.1. The van der Waals surface area contributed by atoms with Gasteiger partial charge in [-0.2, -0.15) is 0 Å². The monoisotopic (exact) mass is 306 g/mol. The van der Waals surface area contributed by atoms with Crippen LogP contribution >= 0.6 is 11.6 Å². The summed E-state index contributed by atoms with van der Waals surface area (Å²) >= 11 is 5.68. The average molecular weight is 307 g/mol. The van der Waals surface area contributed by atoms with E-state index in [0.717, 1.165) is 18.7 Å². The van der Waals surface area contributed by atoms with Crippen molar-refractivity contribution in [2.75, 3.05) is 6.54 Å². The van der Waals surface area contributed by atoms with E-state index in [-0.39, 0.29) is 22.0 Å². The Kier molecular flexibility index (Phi) is 4.45. The molecule has 1 aliphatic rings. The number of rotatable bonds is 3. The second-order valence-electron chi connectivity index (χ2n) is 4.80. The minimum absolute atomic E-state index is 0.0686. The quantitative estimate of drug-likeness (QED) is 0.897. The van der Waals surface area contributed by atoms with Crippen molar-refractivity contribution in [3.63, 3.8) is 0 Å². The lowest BCUT2D eigenvalue weighted by Crippen LogP contribution is -2.46. The molecule has 2 atom stereocenters. The van der Waals surface area contributed by atoms with Crippen molar-refractivity contribution in [1.29, 1.82) is 0 Å². The van der Waals surface area contributed by atoms with Gasteiger partial charge in [-0.25, -0.2) is 17.5 Å². The van der Waals surface area contributed by atoms with Crippen LogP contribution < -0.4 is 10.0 Å². The fourth-order valence-electron chi connectivity index (χ4n) is 2.21. The minimum Gasteiger partial charge on any atom is -0.314 e. The van der Waals surface area contributed by atoms with Gasteiger partial charge >= 0.3 is 0 Å². The summed E-state index contributed by atoms with van der Waals surface area (Å²) in [6, 6.07) is 3.42. The molecule has 0 spiro atoms. The first-order valence-electron chi connectivity index (χ1n) is 6.08. The summed E-state index contributed by atoms with van der Waals surface area (Å²) in [7, 11) is -3.73. The summed E-state index contributed by atoms with van der Waals surface area (Å²) in [5.74, 6) is -0.661. The van der Waals surface area contributed by atoms with Crippen LogP contribution in [0.2, 0.25) is 5.02 Å². The Hall–Kier alpha value is -0.690. The third-order valence-corrected chi connectivity index (χ3v) is 4.81. The van der Waals surface area contributed by atoms with Crippen LogP contribution in [0.4, 0.5) is 4.39 Å². The van der Waals surface area contributed by atoms with Gasteiger partial charge in [0.15, 0.2) is 0 Å². The lowest BCUT2D eigenvalue weighted by molar-refractivity contribution is 0.361. The van der Waals surface area contributed by atoms with Crippen LogP contribution in [0.3, 0.4) is 0 Å². The highest BCUT2D eigenvalue weighted by Crippen LogP contribution is 2.19. The first kappa shape index (κ1) is 14.7. The highest BCUT2D eigenvalue weighted by atomic mass is 35.5. The number of hydrogen-bond acceptors (Lipinski definition) is 3. The molecule has 1 fully saturated rings. The van der Waals surface area contributed by atoms with E-state index in [1.54, 1.807) is 0 Å². The van der Waals surface area contributed by atoms with E-state index in [4.69, 9.17) is 11.6 Å². The largest absolute Gasteiger partial charge is 0.314 e. The predicted molar refractivity (Wildman–Crippen MR) is 72.2 cm³/mol. The zero-order valence-electron chi connectivity index (χ0n) is 10.5. The number of hydrogen-bond donors (Lipinski definition) is 2. The fraction of sp³-hybridized carbons (Fsp3) is 0.500. The first-order valence-corrected chi connectivity index (χ1v) is 7.95. The second-order valence-corrected chi connectivity index (χ2v) is 6.95. The van der Waals surface area contributed by atoms with Crippen molar-refractivity contribution < 1.29 is 12.8 Å². The molecular formula is C12H16ClFN2O2S. The lowest BCUT2D eigenvalue weighted by atomic mass is 10.0. The van der Waals surface area contributed by atoms with Crippen molar-refractivity contribution in [2.45, 2.75) is 36.7 Å². The van der Waals surface area contributed by atoms with E-state index in [0.29, 0.717) is 12.8 Å². The Balaban J connectivity index is 2.17. The van der Waals surface area contributed by atoms with Gasteiger partial charge in [0.25, 0.3) is 0 Å². The maximum absolute atomic E-state index is 13.2. The molecular weight excluding hydrogens is 291 g/mol. The van der Waals surface area contributed by atoms with E-state index < -0.39 is 15.8 Å².